The van der Waals surface area contributed by atoms with E-state index in [1.807, 2.05) is 6.92 Å². The number of Topliss-reactive ketones (excluding diaryl/α,β-unsaturated/α-hetero) is 1. The topological polar surface area (TPSA) is 85.4 Å². The van der Waals surface area contributed by atoms with Crippen molar-refractivity contribution < 1.29 is 19.1 Å². The summed E-state index contributed by atoms with van der Waals surface area (Å²) >= 11 is 11.5. The van der Waals surface area contributed by atoms with Crippen molar-refractivity contribution in [2.75, 3.05) is 5.32 Å². The molecule has 142 valence electrons. The van der Waals surface area contributed by atoms with Crippen LogP contribution >= 0.6 is 23.2 Å². The van der Waals surface area contributed by atoms with Gasteiger partial charge >= 0.3 is 5.97 Å². The zero-order chi connectivity index (χ0) is 20.0. The Labute approximate surface area is 166 Å². The molecule has 6 nitrogen and oxygen atoms in total. The number of hydrogen-bond acceptors (Lipinski definition) is 5. The average molecular weight is 409 g/mol. The number of rotatable bonds is 7. The lowest BCUT2D eigenvalue weighted by Crippen LogP contribution is -2.24. The van der Waals surface area contributed by atoms with Gasteiger partial charge in [-0.25, -0.2) is 9.78 Å². The second-order valence-electron chi connectivity index (χ2n) is 5.78. The number of nitrogens with zero attached hydrogens (tertiary/aromatic N) is 1. The number of ether oxygens (including phenoxy) is 1. The monoisotopic (exact) mass is 408 g/mol. The number of ketones is 1. The Morgan fingerprint density at radius 2 is 1.81 bits per heavy atom. The van der Waals surface area contributed by atoms with Gasteiger partial charge in [-0.1, -0.05) is 30.1 Å². The van der Waals surface area contributed by atoms with E-state index in [4.69, 9.17) is 27.9 Å². The highest BCUT2D eigenvalue weighted by Gasteiger charge is 2.21. The first kappa shape index (κ1) is 20.9. The quantitative estimate of drug-likeness (QED) is 0.412. The molecule has 0 spiro atoms. The number of esters is 1. The molecule has 1 unspecified atom stereocenters. The maximum Gasteiger partial charge on any atom is 0.340 e. The van der Waals surface area contributed by atoms with Gasteiger partial charge in [0.2, 0.25) is 11.7 Å². The van der Waals surface area contributed by atoms with Gasteiger partial charge < -0.3 is 10.1 Å². The van der Waals surface area contributed by atoms with Crippen LogP contribution in [0.5, 0.6) is 0 Å². The van der Waals surface area contributed by atoms with Crippen LogP contribution in [0.15, 0.2) is 36.5 Å². The average Bonchev–Trinajstić information content (AvgIpc) is 2.64. The molecule has 1 amide bonds. The van der Waals surface area contributed by atoms with Crippen LogP contribution in [0.25, 0.3) is 0 Å². The van der Waals surface area contributed by atoms with Gasteiger partial charge in [-0.15, -0.1) is 0 Å². The summed E-state index contributed by atoms with van der Waals surface area (Å²) in [4.78, 5) is 39.9. The number of anilines is 1. The minimum atomic E-state index is -1.01. The number of pyridine rings is 1. The Morgan fingerprint density at radius 1 is 1.15 bits per heavy atom. The van der Waals surface area contributed by atoms with Gasteiger partial charge in [0.15, 0.2) is 6.10 Å². The molecule has 8 heteroatoms. The third-order valence-electron chi connectivity index (χ3n) is 3.62. The fourth-order valence-electron chi connectivity index (χ4n) is 2.22. The molecule has 0 aliphatic heterocycles. The zero-order valence-electron chi connectivity index (χ0n) is 14.8. The summed E-state index contributed by atoms with van der Waals surface area (Å²) in [5.41, 5.74) is 1.05. The molecule has 0 fully saturated rings. The van der Waals surface area contributed by atoms with E-state index in [1.165, 1.54) is 19.2 Å². The van der Waals surface area contributed by atoms with Gasteiger partial charge in [-0.2, -0.15) is 0 Å². The van der Waals surface area contributed by atoms with Crippen LogP contribution in [0.1, 0.15) is 47.4 Å². The summed E-state index contributed by atoms with van der Waals surface area (Å²) in [5, 5.41) is 2.93. The molecule has 2 aromatic rings. The van der Waals surface area contributed by atoms with Crippen LogP contribution in [-0.4, -0.2) is 28.7 Å². The van der Waals surface area contributed by atoms with Crippen LogP contribution in [0.3, 0.4) is 0 Å². The van der Waals surface area contributed by atoms with E-state index in [0.29, 0.717) is 17.7 Å². The van der Waals surface area contributed by atoms with Crippen molar-refractivity contribution in [2.45, 2.75) is 32.8 Å². The van der Waals surface area contributed by atoms with Crippen LogP contribution in [0, 0.1) is 0 Å². The van der Waals surface area contributed by atoms with Crippen molar-refractivity contribution in [1.82, 2.24) is 4.98 Å². The van der Waals surface area contributed by atoms with Crippen LogP contribution in [-0.2, 0) is 9.53 Å². The molecule has 2 rings (SSSR count). The Hall–Kier alpha value is -2.44. The molecule has 1 atom stereocenters. The first-order valence-electron chi connectivity index (χ1n) is 8.28. The van der Waals surface area contributed by atoms with E-state index in [0.717, 1.165) is 6.42 Å². The molecule has 27 heavy (non-hydrogen) atoms. The molecule has 0 radical (unpaired) electrons. The molecule has 0 saturated carbocycles. The number of aromatic nitrogens is 1. The Balaban J connectivity index is 2.00. The zero-order valence-corrected chi connectivity index (χ0v) is 16.3. The maximum atomic E-state index is 12.4. The molecule has 0 bridgehead atoms. The van der Waals surface area contributed by atoms with Gasteiger partial charge in [-0.3, -0.25) is 9.59 Å². The molecule has 1 aromatic carbocycles. The number of amides is 1. The first-order chi connectivity index (χ1) is 12.8. The molecule has 0 aliphatic carbocycles. The van der Waals surface area contributed by atoms with Gasteiger partial charge in [0.05, 0.1) is 10.6 Å². The van der Waals surface area contributed by atoms with Gasteiger partial charge in [0, 0.05) is 23.9 Å². The fourth-order valence-corrected chi connectivity index (χ4v) is 2.49. The Kier molecular flexibility index (Phi) is 7.33. The summed E-state index contributed by atoms with van der Waals surface area (Å²) < 4.78 is 5.17. The van der Waals surface area contributed by atoms with Gasteiger partial charge in [0.1, 0.15) is 5.15 Å². The second kappa shape index (κ2) is 9.48. The smallest absolute Gasteiger partial charge is 0.340 e. The predicted molar refractivity (Wildman–Crippen MR) is 103 cm³/mol. The van der Waals surface area contributed by atoms with Gasteiger partial charge in [0.25, 0.3) is 0 Å². The number of hydrogen-bond donors (Lipinski definition) is 1. The highest BCUT2D eigenvalue weighted by Crippen LogP contribution is 2.21. The standard InChI is InChI=1S/C19H18Cl2N2O4/c1-3-4-16(24)23-14-7-5-12(6-8-14)17(25)11(2)27-19(26)13-9-15(20)18(21)22-10-13/h5-11H,3-4H2,1-2H3,(H,23,24). The second-order valence-corrected chi connectivity index (χ2v) is 6.55. The maximum absolute atomic E-state index is 12.4. The van der Waals surface area contributed by atoms with Crippen molar-refractivity contribution in [2.24, 2.45) is 0 Å². The molecular weight excluding hydrogens is 391 g/mol. The number of carbonyl (C=O) groups excluding carboxylic acids is 3. The number of nitrogens with one attached hydrogen (secondary N) is 1. The van der Waals surface area contributed by atoms with E-state index >= 15 is 0 Å². The molecule has 1 N–H and O–H groups in total. The number of halogens is 2. The van der Waals surface area contributed by atoms with E-state index in [1.54, 1.807) is 24.3 Å². The number of benzene rings is 1. The fraction of sp³-hybridized carbons (Fsp3) is 0.263. The van der Waals surface area contributed by atoms with E-state index in [9.17, 15) is 14.4 Å². The lowest BCUT2D eigenvalue weighted by atomic mass is 10.1. The summed E-state index contributed by atoms with van der Waals surface area (Å²) in [7, 11) is 0. The molecule has 0 aliphatic rings. The van der Waals surface area contributed by atoms with E-state index < -0.39 is 12.1 Å². The summed E-state index contributed by atoms with van der Waals surface area (Å²) in [6, 6.07) is 7.70. The third-order valence-corrected chi connectivity index (χ3v) is 4.30. The molecular formula is C19H18Cl2N2O4. The highest BCUT2D eigenvalue weighted by atomic mass is 35.5. The van der Waals surface area contributed by atoms with Crippen molar-refractivity contribution in [3.05, 3.63) is 57.8 Å². The Morgan fingerprint density at radius 3 is 2.41 bits per heavy atom. The van der Waals surface area contributed by atoms with E-state index in [-0.39, 0.29) is 27.4 Å². The summed E-state index contributed by atoms with van der Waals surface area (Å²) in [5.74, 6) is -1.19. The predicted octanol–water partition coefficient (Wildman–Crippen LogP) is 4.56. The van der Waals surface area contributed by atoms with E-state index in [2.05, 4.69) is 10.3 Å². The van der Waals surface area contributed by atoms with Crippen LogP contribution in [0.2, 0.25) is 10.2 Å². The van der Waals surface area contributed by atoms with Crippen LogP contribution < -0.4 is 5.32 Å². The Bertz CT molecular complexity index is 853. The SMILES string of the molecule is CCCC(=O)Nc1ccc(C(=O)C(C)OC(=O)c2cnc(Cl)c(Cl)c2)cc1. The first-order valence-corrected chi connectivity index (χ1v) is 9.03. The largest absolute Gasteiger partial charge is 0.451 e. The normalized spacial score (nSPS) is 11.6. The van der Waals surface area contributed by atoms with Crippen molar-refractivity contribution in [3.63, 3.8) is 0 Å². The van der Waals surface area contributed by atoms with Crippen LogP contribution in [0.4, 0.5) is 5.69 Å². The minimum absolute atomic E-state index is 0.0726. The minimum Gasteiger partial charge on any atom is -0.451 e. The summed E-state index contributed by atoms with van der Waals surface area (Å²) in [6.07, 6.45) is 1.39. The number of carbonyl (C=O) groups is 3. The summed E-state index contributed by atoms with van der Waals surface area (Å²) in [6.45, 7) is 3.39. The van der Waals surface area contributed by atoms with Gasteiger partial charge in [-0.05, 0) is 43.7 Å². The lowest BCUT2D eigenvalue weighted by molar-refractivity contribution is -0.116. The highest BCUT2D eigenvalue weighted by molar-refractivity contribution is 6.41. The van der Waals surface area contributed by atoms with Crippen molar-refractivity contribution in [1.29, 1.82) is 0 Å². The van der Waals surface area contributed by atoms with Crippen molar-refractivity contribution >= 4 is 46.5 Å². The van der Waals surface area contributed by atoms with Crippen molar-refractivity contribution in [3.8, 4) is 0 Å². The molecule has 1 heterocycles. The molecule has 0 saturated heterocycles. The lowest BCUT2D eigenvalue weighted by Gasteiger charge is -2.13. The molecule has 1 aromatic heterocycles. The third kappa shape index (κ3) is 5.77.